The monoisotopic (exact) mass is 370 g/mol. The van der Waals surface area contributed by atoms with Crippen molar-refractivity contribution >= 4 is 17.7 Å². The van der Waals surface area contributed by atoms with E-state index < -0.39 is 0 Å². The molecular formula is C20H19FN2O2S. The Morgan fingerprint density at radius 2 is 1.92 bits per heavy atom. The van der Waals surface area contributed by atoms with E-state index in [0.717, 1.165) is 11.3 Å². The van der Waals surface area contributed by atoms with Gasteiger partial charge in [0.15, 0.2) is 0 Å². The Bertz CT molecular complexity index is 867. The van der Waals surface area contributed by atoms with Crippen LogP contribution in [0.2, 0.25) is 0 Å². The summed E-state index contributed by atoms with van der Waals surface area (Å²) >= 11 is 1.44. The molecule has 1 atom stereocenters. The Morgan fingerprint density at radius 3 is 2.69 bits per heavy atom. The number of rotatable bonds is 7. The third-order valence-corrected chi connectivity index (χ3v) is 4.77. The Balaban J connectivity index is 1.47. The third-order valence-electron chi connectivity index (χ3n) is 3.80. The standard InChI is InChI=1S/C20H19FN2O2S/c1-14(17-9-5-6-10-18(17)21)22-19(24)13-26-12-16-11-25-20(23-16)15-7-3-2-4-8-15/h2-11,14H,12-13H2,1H3,(H,22,24). The van der Waals surface area contributed by atoms with Crippen molar-refractivity contribution < 1.29 is 13.6 Å². The number of oxazole rings is 1. The van der Waals surface area contributed by atoms with Crippen molar-refractivity contribution in [3.63, 3.8) is 0 Å². The van der Waals surface area contributed by atoms with E-state index in [1.807, 2.05) is 30.3 Å². The molecule has 1 aromatic heterocycles. The lowest BCUT2D eigenvalue weighted by atomic mass is 10.1. The minimum Gasteiger partial charge on any atom is -0.444 e. The van der Waals surface area contributed by atoms with Gasteiger partial charge >= 0.3 is 0 Å². The van der Waals surface area contributed by atoms with Crippen molar-refractivity contribution in [3.8, 4) is 11.5 Å². The van der Waals surface area contributed by atoms with Crippen LogP contribution in [-0.4, -0.2) is 16.6 Å². The molecule has 1 N–H and O–H groups in total. The molecule has 1 amide bonds. The molecule has 2 aromatic carbocycles. The van der Waals surface area contributed by atoms with Gasteiger partial charge in [0.2, 0.25) is 11.8 Å². The number of carbonyl (C=O) groups excluding carboxylic acids is 1. The molecule has 1 unspecified atom stereocenters. The average Bonchev–Trinajstić information content (AvgIpc) is 3.11. The molecule has 0 bridgehead atoms. The second kappa shape index (κ2) is 8.67. The van der Waals surface area contributed by atoms with E-state index in [-0.39, 0.29) is 23.5 Å². The van der Waals surface area contributed by atoms with Gasteiger partial charge in [-0.1, -0.05) is 36.4 Å². The number of nitrogens with zero attached hydrogens (tertiary/aromatic N) is 1. The van der Waals surface area contributed by atoms with E-state index in [1.165, 1.54) is 17.8 Å². The van der Waals surface area contributed by atoms with Gasteiger partial charge in [-0.15, -0.1) is 11.8 Å². The molecule has 0 radical (unpaired) electrons. The first-order chi connectivity index (χ1) is 12.6. The largest absolute Gasteiger partial charge is 0.444 e. The number of nitrogens with one attached hydrogen (secondary N) is 1. The molecule has 26 heavy (non-hydrogen) atoms. The lowest BCUT2D eigenvalue weighted by molar-refractivity contribution is -0.119. The van der Waals surface area contributed by atoms with Crippen LogP contribution in [0.25, 0.3) is 11.5 Å². The summed E-state index contributed by atoms with van der Waals surface area (Å²) in [4.78, 5) is 16.5. The summed E-state index contributed by atoms with van der Waals surface area (Å²) in [5, 5.41) is 2.81. The van der Waals surface area contributed by atoms with Gasteiger partial charge in [0, 0.05) is 16.9 Å². The Kier molecular flexibility index (Phi) is 6.07. The van der Waals surface area contributed by atoms with Crippen LogP contribution in [0, 0.1) is 5.82 Å². The summed E-state index contributed by atoms with van der Waals surface area (Å²) < 4.78 is 19.2. The van der Waals surface area contributed by atoms with Gasteiger partial charge in [0.05, 0.1) is 17.5 Å². The van der Waals surface area contributed by atoms with Crippen molar-refractivity contribution in [2.24, 2.45) is 0 Å². The highest BCUT2D eigenvalue weighted by Crippen LogP contribution is 2.21. The lowest BCUT2D eigenvalue weighted by Gasteiger charge is -2.14. The molecule has 134 valence electrons. The Morgan fingerprint density at radius 1 is 1.19 bits per heavy atom. The maximum absolute atomic E-state index is 13.7. The minimum atomic E-state index is -0.374. The highest BCUT2D eigenvalue weighted by molar-refractivity contribution is 7.99. The number of hydrogen-bond donors (Lipinski definition) is 1. The quantitative estimate of drug-likeness (QED) is 0.661. The summed E-state index contributed by atoms with van der Waals surface area (Å²) in [7, 11) is 0. The number of amides is 1. The normalized spacial score (nSPS) is 11.9. The molecule has 0 spiro atoms. The lowest BCUT2D eigenvalue weighted by Crippen LogP contribution is -2.28. The highest BCUT2D eigenvalue weighted by Gasteiger charge is 2.13. The smallest absolute Gasteiger partial charge is 0.230 e. The predicted molar refractivity (Wildman–Crippen MR) is 101 cm³/mol. The van der Waals surface area contributed by atoms with Gasteiger partial charge in [-0.3, -0.25) is 4.79 Å². The number of halogens is 1. The average molecular weight is 370 g/mol. The van der Waals surface area contributed by atoms with Crippen LogP contribution in [0.4, 0.5) is 4.39 Å². The number of carbonyl (C=O) groups is 1. The van der Waals surface area contributed by atoms with E-state index in [9.17, 15) is 9.18 Å². The summed E-state index contributed by atoms with van der Waals surface area (Å²) in [6.45, 7) is 1.77. The van der Waals surface area contributed by atoms with Gasteiger partial charge in [-0.25, -0.2) is 9.37 Å². The molecule has 3 aromatic rings. The second-order valence-corrected chi connectivity index (χ2v) is 6.80. The van der Waals surface area contributed by atoms with Crippen molar-refractivity contribution in [3.05, 3.63) is 77.9 Å². The van der Waals surface area contributed by atoms with Crippen molar-refractivity contribution in [2.75, 3.05) is 5.75 Å². The van der Waals surface area contributed by atoms with E-state index in [2.05, 4.69) is 10.3 Å². The van der Waals surface area contributed by atoms with Crippen molar-refractivity contribution in [1.82, 2.24) is 10.3 Å². The maximum atomic E-state index is 13.7. The SMILES string of the molecule is CC(NC(=O)CSCc1coc(-c2ccccc2)n1)c1ccccc1F. The zero-order valence-electron chi connectivity index (χ0n) is 14.3. The Labute approximate surface area is 155 Å². The van der Waals surface area contributed by atoms with Crippen LogP contribution in [-0.2, 0) is 10.5 Å². The molecule has 0 aliphatic rings. The van der Waals surface area contributed by atoms with Crippen molar-refractivity contribution in [2.45, 2.75) is 18.7 Å². The fraction of sp³-hybridized carbons (Fsp3) is 0.200. The van der Waals surface area contributed by atoms with Crippen molar-refractivity contribution in [1.29, 1.82) is 0 Å². The minimum absolute atomic E-state index is 0.141. The zero-order chi connectivity index (χ0) is 18.4. The summed E-state index contributed by atoms with van der Waals surface area (Å²) in [6, 6.07) is 15.7. The van der Waals surface area contributed by atoms with E-state index in [1.54, 1.807) is 31.4 Å². The summed E-state index contributed by atoms with van der Waals surface area (Å²) in [5.41, 5.74) is 2.18. The van der Waals surface area contributed by atoms with Crippen LogP contribution in [0.3, 0.4) is 0 Å². The maximum Gasteiger partial charge on any atom is 0.230 e. The van der Waals surface area contributed by atoms with Crippen LogP contribution in [0.15, 0.2) is 65.3 Å². The van der Waals surface area contributed by atoms with E-state index >= 15 is 0 Å². The first kappa shape index (κ1) is 18.2. The molecule has 0 saturated heterocycles. The van der Waals surface area contributed by atoms with E-state index in [0.29, 0.717) is 17.2 Å². The fourth-order valence-electron chi connectivity index (χ4n) is 2.52. The molecule has 0 saturated carbocycles. The summed E-state index contributed by atoms with van der Waals surface area (Å²) in [6.07, 6.45) is 1.61. The van der Waals surface area contributed by atoms with Gasteiger partial charge in [0.1, 0.15) is 12.1 Å². The predicted octanol–water partition coefficient (Wildman–Crippen LogP) is 4.59. The van der Waals surface area contributed by atoms with Gasteiger partial charge in [-0.05, 0) is 25.1 Å². The van der Waals surface area contributed by atoms with E-state index in [4.69, 9.17) is 4.42 Å². The molecule has 0 fully saturated rings. The first-order valence-corrected chi connectivity index (χ1v) is 9.40. The second-order valence-electron chi connectivity index (χ2n) is 5.81. The van der Waals surface area contributed by atoms with Crippen LogP contribution in [0.5, 0.6) is 0 Å². The molecule has 1 heterocycles. The van der Waals surface area contributed by atoms with Crippen LogP contribution in [0.1, 0.15) is 24.2 Å². The summed E-state index contributed by atoms with van der Waals surface area (Å²) in [5.74, 6) is 0.949. The molecule has 0 aliphatic heterocycles. The highest BCUT2D eigenvalue weighted by atomic mass is 32.2. The number of thioether (sulfide) groups is 1. The molecule has 6 heteroatoms. The number of benzene rings is 2. The molecule has 4 nitrogen and oxygen atoms in total. The number of aromatic nitrogens is 1. The topological polar surface area (TPSA) is 55.1 Å². The third kappa shape index (κ3) is 4.73. The zero-order valence-corrected chi connectivity index (χ0v) is 15.1. The number of hydrogen-bond acceptors (Lipinski definition) is 4. The van der Waals surface area contributed by atoms with Gasteiger partial charge in [0.25, 0.3) is 0 Å². The molecular weight excluding hydrogens is 351 g/mol. The van der Waals surface area contributed by atoms with Gasteiger partial charge < -0.3 is 9.73 Å². The van der Waals surface area contributed by atoms with Crippen LogP contribution < -0.4 is 5.32 Å². The molecule has 3 rings (SSSR count). The molecule has 0 aliphatic carbocycles. The fourth-order valence-corrected chi connectivity index (χ4v) is 3.23. The van der Waals surface area contributed by atoms with Gasteiger partial charge in [-0.2, -0.15) is 0 Å². The first-order valence-electron chi connectivity index (χ1n) is 8.25. The van der Waals surface area contributed by atoms with Crippen LogP contribution >= 0.6 is 11.8 Å². The Hall–Kier alpha value is -2.60.